The number of urea groups is 1. The predicted octanol–water partition coefficient (Wildman–Crippen LogP) is 3.38. The molecule has 0 spiro atoms. The molecule has 1 aliphatic heterocycles. The molecule has 2 heterocycles. The van der Waals surface area contributed by atoms with E-state index in [1.54, 1.807) is 12.1 Å². The number of fused-ring (bicyclic) bond motifs is 2. The first-order valence-corrected chi connectivity index (χ1v) is 8.66. The molecule has 8 nitrogen and oxygen atoms in total. The van der Waals surface area contributed by atoms with Crippen LogP contribution in [0, 0.1) is 10.1 Å². The van der Waals surface area contributed by atoms with Gasteiger partial charge in [-0.1, -0.05) is 6.07 Å². The third kappa shape index (κ3) is 3.41. The molecule has 0 radical (unpaired) electrons. The number of aromatic nitrogens is 1. The summed E-state index contributed by atoms with van der Waals surface area (Å²) in [6.45, 7) is 1.04. The summed E-state index contributed by atoms with van der Waals surface area (Å²) in [7, 11) is 0. The monoisotopic (exact) mass is 366 g/mol. The van der Waals surface area contributed by atoms with Crippen molar-refractivity contribution in [2.75, 3.05) is 18.5 Å². The number of amides is 2. The van der Waals surface area contributed by atoms with Crippen LogP contribution in [0.2, 0.25) is 0 Å². The molecule has 2 amide bonds. The largest absolute Gasteiger partial charge is 0.493 e. The highest BCUT2D eigenvalue weighted by Gasteiger charge is 2.17. The van der Waals surface area contributed by atoms with Crippen molar-refractivity contribution in [2.45, 2.75) is 12.8 Å². The van der Waals surface area contributed by atoms with Crippen molar-refractivity contribution in [3.8, 4) is 5.75 Å². The van der Waals surface area contributed by atoms with Gasteiger partial charge in [0.25, 0.3) is 5.69 Å². The van der Waals surface area contributed by atoms with E-state index in [9.17, 15) is 14.9 Å². The summed E-state index contributed by atoms with van der Waals surface area (Å²) in [6.07, 6.45) is 3.15. The van der Waals surface area contributed by atoms with Gasteiger partial charge in [-0.2, -0.15) is 0 Å². The van der Waals surface area contributed by atoms with Crippen LogP contribution in [0.5, 0.6) is 5.75 Å². The summed E-state index contributed by atoms with van der Waals surface area (Å²) in [6, 6.07) is 10.0. The van der Waals surface area contributed by atoms with Crippen LogP contribution in [0.4, 0.5) is 16.2 Å². The fourth-order valence-electron chi connectivity index (χ4n) is 3.30. The number of nitro groups is 1. The predicted molar refractivity (Wildman–Crippen MR) is 101 cm³/mol. The summed E-state index contributed by atoms with van der Waals surface area (Å²) in [4.78, 5) is 25.8. The fourth-order valence-corrected chi connectivity index (χ4v) is 3.30. The molecular formula is C19H18N4O4. The number of aromatic amines is 1. The number of hydrogen-bond donors (Lipinski definition) is 3. The Morgan fingerprint density at radius 2 is 2.19 bits per heavy atom. The summed E-state index contributed by atoms with van der Waals surface area (Å²) in [5.74, 6) is 0.813. The fraction of sp³-hybridized carbons (Fsp3) is 0.211. The van der Waals surface area contributed by atoms with Crippen molar-refractivity contribution in [1.82, 2.24) is 10.3 Å². The molecule has 2 aromatic carbocycles. The van der Waals surface area contributed by atoms with Crippen LogP contribution in [-0.4, -0.2) is 29.1 Å². The maximum absolute atomic E-state index is 12.2. The molecule has 8 heteroatoms. The topological polar surface area (TPSA) is 109 Å². The minimum absolute atomic E-state index is 0.0502. The maximum Gasteiger partial charge on any atom is 0.319 e. The number of hydrogen-bond acceptors (Lipinski definition) is 4. The Hall–Kier alpha value is -3.55. The lowest BCUT2D eigenvalue weighted by atomic mass is 10.1. The zero-order valence-electron chi connectivity index (χ0n) is 14.5. The van der Waals surface area contributed by atoms with E-state index < -0.39 is 4.92 Å². The molecule has 0 unspecified atom stereocenters. The third-order valence-electron chi connectivity index (χ3n) is 4.63. The van der Waals surface area contributed by atoms with Crippen molar-refractivity contribution in [1.29, 1.82) is 0 Å². The van der Waals surface area contributed by atoms with E-state index in [1.165, 1.54) is 6.07 Å². The second-order valence-electron chi connectivity index (χ2n) is 6.31. The second-order valence-corrected chi connectivity index (χ2v) is 6.31. The first kappa shape index (κ1) is 16.9. The Morgan fingerprint density at radius 1 is 1.30 bits per heavy atom. The first-order chi connectivity index (χ1) is 13.1. The van der Waals surface area contributed by atoms with E-state index in [2.05, 4.69) is 15.6 Å². The number of benzene rings is 2. The summed E-state index contributed by atoms with van der Waals surface area (Å²) in [5, 5.41) is 17.4. The van der Waals surface area contributed by atoms with Crippen molar-refractivity contribution < 1.29 is 14.5 Å². The van der Waals surface area contributed by atoms with Crippen LogP contribution in [0.25, 0.3) is 10.9 Å². The number of carbonyl (C=O) groups is 1. The zero-order valence-corrected chi connectivity index (χ0v) is 14.5. The van der Waals surface area contributed by atoms with Gasteiger partial charge >= 0.3 is 6.03 Å². The molecule has 0 aliphatic carbocycles. The highest BCUT2D eigenvalue weighted by Crippen LogP contribution is 2.31. The number of H-pyrrole nitrogens is 1. The Balaban J connectivity index is 1.38. The molecule has 0 saturated carbocycles. The van der Waals surface area contributed by atoms with Gasteiger partial charge in [0.15, 0.2) is 0 Å². The lowest BCUT2D eigenvalue weighted by Gasteiger charge is -2.10. The van der Waals surface area contributed by atoms with Gasteiger partial charge in [-0.3, -0.25) is 10.1 Å². The van der Waals surface area contributed by atoms with E-state index in [0.29, 0.717) is 19.6 Å². The SMILES string of the molecule is O=C(NCCc1c[nH]c2ccc([N+](=O)[O-])cc12)Nc1cccc2c1CCO2. The summed E-state index contributed by atoms with van der Waals surface area (Å²) >= 11 is 0. The highest BCUT2D eigenvalue weighted by atomic mass is 16.6. The molecule has 0 fully saturated rings. The van der Waals surface area contributed by atoms with Gasteiger partial charge in [0.05, 0.1) is 11.5 Å². The van der Waals surface area contributed by atoms with Crippen LogP contribution in [-0.2, 0) is 12.8 Å². The number of nitrogens with one attached hydrogen (secondary N) is 3. The van der Waals surface area contributed by atoms with Crippen molar-refractivity contribution in [2.24, 2.45) is 0 Å². The second kappa shape index (κ2) is 6.99. The van der Waals surface area contributed by atoms with Gasteiger partial charge in [0, 0.05) is 53.4 Å². The van der Waals surface area contributed by atoms with E-state index in [0.717, 1.165) is 39.9 Å². The first-order valence-electron chi connectivity index (χ1n) is 8.66. The molecular weight excluding hydrogens is 348 g/mol. The van der Waals surface area contributed by atoms with Gasteiger partial charge < -0.3 is 20.4 Å². The van der Waals surface area contributed by atoms with Crippen LogP contribution < -0.4 is 15.4 Å². The average Bonchev–Trinajstić information content (AvgIpc) is 3.29. The number of nitrogens with zero attached hydrogens (tertiary/aromatic N) is 1. The quantitative estimate of drug-likeness (QED) is 0.475. The highest BCUT2D eigenvalue weighted by molar-refractivity contribution is 5.91. The van der Waals surface area contributed by atoms with Gasteiger partial charge in [0.1, 0.15) is 5.75 Å². The number of rotatable bonds is 5. The molecule has 1 aromatic heterocycles. The molecule has 3 N–H and O–H groups in total. The molecule has 0 atom stereocenters. The third-order valence-corrected chi connectivity index (χ3v) is 4.63. The Labute approximate surface area is 154 Å². The maximum atomic E-state index is 12.2. The summed E-state index contributed by atoms with van der Waals surface area (Å²) < 4.78 is 5.49. The summed E-state index contributed by atoms with van der Waals surface area (Å²) in [5.41, 5.74) is 3.57. The van der Waals surface area contributed by atoms with Crippen molar-refractivity contribution >= 4 is 28.3 Å². The van der Waals surface area contributed by atoms with E-state index in [-0.39, 0.29) is 11.7 Å². The standard InChI is InChI=1S/C19H18N4O4/c24-19(22-17-2-1-3-18-14(17)7-9-27-18)20-8-6-12-11-21-16-5-4-13(23(25)26)10-15(12)16/h1-5,10-11,21H,6-9H2,(H2,20,22,24). The number of carbonyl (C=O) groups excluding carboxylic acids is 1. The zero-order chi connectivity index (χ0) is 18.8. The van der Waals surface area contributed by atoms with Crippen LogP contribution in [0.3, 0.4) is 0 Å². The van der Waals surface area contributed by atoms with E-state index in [1.807, 2.05) is 24.4 Å². The minimum atomic E-state index is -0.413. The molecule has 4 rings (SSSR count). The van der Waals surface area contributed by atoms with E-state index >= 15 is 0 Å². The average molecular weight is 366 g/mol. The Kier molecular flexibility index (Phi) is 4.37. The van der Waals surface area contributed by atoms with Crippen LogP contribution >= 0.6 is 0 Å². The number of nitro benzene ring substituents is 1. The normalized spacial score (nSPS) is 12.4. The van der Waals surface area contributed by atoms with Gasteiger partial charge in [-0.25, -0.2) is 4.79 Å². The van der Waals surface area contributed by atoms with Gasteiger partial charge in [0.2, 0.25) is 0 Å². The van der Waals surface area contributed by atoms with E-state index in [4.69, 9.17) is 4.74 Å². The number of anilines is 1. The molecule has 0 bridgehead atoms. The number of non-ortho nitro benzene ring substituents is 1. The smallest absolute Gasteiger partial charge is 0.319 e. The molecule has 138 valence electrons. The Morgan fingerprint density at radius 3 is 3.04 bits per heavy atom. The van der Waals surface area contributed by atoms with Gasteiger partial charge in [-0.15, -0.1) is 0 Å². The van der Waals surface area contributed by atoms with Crippen molar-refractivity contribution in [3.63, 3.8) is 0 Å². The Bertz CT molecular complexity index is 1030. The van der Waals surface area contributed by atoms with Gasteiger partial charge in [-0.05, 0) is 30.2 Å². The molecule has 27 heavy (non-hydrogen) atoms. The van der Waals surface area contributed by atoms with Crippen LogP contribution in [0.1, 0.15) is 11.1 Å². The lowest BCUT2D eigenvalue weighted by Crippen LogP contribution is -2.30. The lowest BCUT2D eigenvalue weighted by molar-refractivity contribution is -0.384. The molecule has 0 saturated heterocycles. The molecule has 1 aliphatic rings. The molecule has 3 aromatic rings. The van der Waals surface area contributed by atoms with Crippen LogP contribution in [0.15, 0.2) is 42.6 Å². The van der Waals surface area contributed by atoms with Crippen molar-refractivity contribution in [3.05, 3.63) is 63.8 Å². The number of ether oxygens (including phenoxy) is 1. The minimum Gasteiger partial charge on any atom is -0.493 e.